The number of aliphatic hydroxyl groups is 1. The Morgan fingerprint density at radius 3 is 3.00 bits per heavy atom. The number of aliphatic hydroxyl groups excluding tert-OH is 1. The van der Waals surface area contributed by atoms with Crippen molar-refractivity contribution < 1.29 is 14.4 Å². The third kappa shape index (κ3) is 3.53. The minimum absolute atomic E-state index is 0.254. The molecule has 0 spiro atoms. The Morgan fingerprint density at radius 2 is 2.26 bits per heavy atom. The molecule has 0 saturated carbocycles. The van der Waals surface area contributed by atoms with Crippen LogP contribution >= 0.6 is 0 Å². The van der Waals surface area contributed by atoms with Crippen molar-refractivity contribution in [2.45, 2.75) is 39.0 Å². The van der Waals surface area contributed by atoms with Crippen molar-refractivity contribution in [1.82, 2.24) is 35.4 Å². The molecule has 2 atom stereocenters. The van der Waals surface area contributed by atoms with Crippen LogP contribution in [-0.2, 0) is 6.54 Å². The summed E-state index contributed by atoms with van der Waals surface area (Å²) >= 11 is 0. The summed E-state index contributed by atoms with van der Waals surface area (Å²) < 4.78 is 6.64. The van der Waals surface area contributed by atoms with Crippen LogP contribution in [0.2, 0.25) is 0 Å². The summed E-state index contributed by atoms with van der Waals surface area (Å²) in [5.41, 5.74) is 2.94. The number of carbonyl (C=O) groups is 1. The van der Waals surface area contributed by atoms with Gasteiger partial charge < -0.3 is 14.9 Å². The van der Waals surface area contributed by atoms with Gasteiger partial charge in [0.05, 0.1) is 23.4 Å². The van der Waals surface area contributed by atoms with Gasteiger partial charge >= 0.3 is 0 Å². The summed E-state index contributed by atoms with van der Waals surface area (Å²) in [7, 11) is 0. The van der Waals surface area contributed by atoms with E-state index in [1.54, 1.807) is 18.3 Å². The van der Waals surface area contributed by atoms with Gasteiger partial charge in [0, 0.05) is 31.4 Å². The highest BCUT2D eigenvalue weighted by Crippen LogP contribution is 2.19. The number of aromatic nitrogens is 5. The number of piperidine rings is 1. The Hall–Kier alpha value is -2.85. The zero-order chi connectivity index (χ0) is 19.0. The monoisotopic (exact) mass is 371 g/mol. The van der Waals surface area contributed by atoms with Crippen LogP contribution in [0.5, 0.6) is 0 Å². The van der Waals surface area contributed by atoms with Crippen molar-refractivity contribution in [2.24, 2.45) is 0 Å². The highest BCUT2D eigenvalue weighted by atomic mass is 16.5. The molecule has 1 aliphatic heterocycles. The summed E-state index contributed by atoms with van der Waals surface area (Å²) in [5, 5.41) is 28.5. The second-order valence-corrected chi connectivity index (χ2v) is 6.87. The molecule has 4 rings (SSSR count). The third-order valence-electron chi connectivity index (χ3n) is 5.00. The Kier molecular flexibility index (Phi) is 4.58. The first-order chi connectivity index (χ1) is 13.0. The van der Waals surface area contributed by atoms with E-state index in [9.17, 15) is 9.90 Å². The number of hydrogen-bond acceptors (Lipinski definition) is 8. The average Bonchev–Trinajstić information content (AvgIpc) is 3.25. The van der Waals surface area contributed by atoms with Crippen molar-refractivity contribution in [3.05, 3.63) is 40.9 Å². The highest BCUT2D eigenvalue weighted by molar-refractivity contribution is 5.94. The van der Waals surface area contributed by atoms with Gasteiger partial charge in [-0.25, -0.2) is 0 Å². The number of carbonyl (C=O) groups excluding carboxylic acids is 1. The van der Waals surface area contributed by atoms with Gasteiger partial charge in [0.25, 0.3) is 5.91 Å². The van der Waals surface area contributed by atoms with Crippen molar-refractivity contribution >= 4 is 11.6 Å². The van der Waals surface area contributed by atoms with Crippen LogP contribution in [0.1, 0.15) is 33.8 Å². The molecule has 10 heteroatoms. The van der Waals surface area contributed by atoms with Crippen LogP contribution in [0, 0.1) is 13.8 Å². The number of β-amino-alcohol motifs (C(OH)–C–C–N with tert-alkyl or cyclic N) is 1. The molecule has 3 aromatic rings. The first kappa shape index (κ1) is 17.6. The lowest BCUT2D eigenvalue weighted by Gasteiger charge is -2.36. The molecular weight excluding hydrogens is 350 g/mol. The molecule has 0 radical (unpaired) electrons. The van der Waals surface area contributed by atoms with E-state index in [1.807, 2.05) is 13.8 Å². The van der Waals surface area contributed by atoms with E-state index in [-0.39, 0.29) is 11.9 Å². The molecule has 4 heterocycles. The third-order valence-corrected chi connectivity index (χ3v) is 5.00. The first-order valence-corrected chi connectivity index (χ1v) is 8.82. The lowest BCUT2D eigenvalue weighted by atomic mass is 10.0. The van der Waals surface area contributed by atoms with E-state index in [0.717, 1.165) is 23.6 Å². The summed E-state index contributed by atoms with van der Waals surface area (Å²) in [6.45, 7) is 5.71. The summed E-state index contributed by atoms with van der Waals surface area (Å²) in [4.78, 5) is 14.7. The molecule has 3 aromatic heterocycles. The Balaban J connectivity index is 1.37. The molecule has 1 amide bonds. The molecule has 0 unspecified atom stereocenters. The fraction of sp³-hybridized carbons (Fsp3) is 0.471. The minimum Gasteiger partial charge on any atom is -0.390 e. The van der Waals surface area contributed by atoms with Crippen LogP contribution in [-0.4, -0.2) is 66.3 Å². The smallest absolute Gasteiger partial charge is 0.253 e. The summed E-state index contributed by atoms with van der Waals surface area (Å²) in [5.74, 6) is 0.547. The number of rotatable bonds is 4. The zero-order valence-corrected chi connectivity index (χ0v) is 15.2. The number of tetrazole rings is 1. The van der Waals surface area contributed by atoms with E-state index < -0.39 is 6.10 Å². The second kappa shape index (κ2) is 7.05. The number of aryl methyl sites for hydroxylation is 2. The molecule has 0 aliphatic carbocycles. The van der Waals surface area contributed by atoms with Crippen molar-refractivity contribution in [1.29, 1.82) is 0 Å². The Bertz CT molecular complexity index is 947. The topological polar surface area (TPSA) is 122 Å². The van der Waals surface area contributed by atoms with E-state index in [1.165, 1.54) is 4.52 Å². The normalized spacial score (nSPS) is 20.9. The standard InChI is InChI=1S/C17H21N7O3/c1-10-13(11(2)27-20-10)8-23-6-5-14(15(25)9-23)18-17(26)12-3-4-16-19-21-22-24(16)7-12/h3-4,7,14-15,25H,5-6,8-9H2,1-2H3,(H,18,26)/t14-,15-/m1/s1. The van der Waals surface area contributed by atoms with Gasteiger partial charge in [-0.05, 0) is 42.8 Å². The van der Waals surface area contributed by atoms with Crippen LogP contribution < -0.4 is 5.32 Å². The van der Waals surface area contributed by atoms with Gasteiger partial charge in [0.2, 0.25) is 0 Å². The van der Waals surface area contributed by atoms with Gasteiger partial charge in [0.1, 0.15) is 5.76 Å². The second-order valence-electron chi connectivity index (χ2n) is 6.87. The number of pyridine rings is 1. The lowest BCUT2D eigenvalue weighted by molar-refractivity contribution is 0.0347. The summed E-state index contributed by atoms with van der Waals surface area (Å²) in [6, 6.07) is 3.04. The molecule has 1 saturated heterocycles. The maximum absolute atomic E-state index is 12.5. The van der Waals surface area contributed by atoms with Crippen LogP contribution in [0.3, 0.4) is 0 Å². The fourth-order valence-electron chi connectivity index (χ4n) is 3.39. The molecule has 1 fully saturated rings. The van der Waals surface area contributed by atoms with Crippen molar-refractivity contribution in [3.63, 3.8) is 0 Å². The minimum atomic E-state index is -0.653. The van der Waals surface area contributed by atoms with Crippen LogP contribution in [0.25, 0.3) is 5.65 Å². The maximum Gasteiger partial charge on any atom is 0.253 e. The van der Waals surface area contributed by atoms with Gasteiger partial charge in [-0.1, -0.05) is 5.16 Å². The lowest BCUT2D eigenvalue weighted by Crippen LogP contribution is -2.53. The van der Waals surface area contributed by atoms with Gasteiger partial charge in [-0.15, -0.1) is 5.10 Å². The number of amides is 1. The molecule has 142 valence electrons. The number of nitrogens with zero attached hydrogens (tertiary/aromatic N) is 6. The predicted octanol–water partition coefficient (Wildman–Crippen LogP) is 0.0943. The predicted molar refractivity (Wildman–Crippen MR) is 93.9 cm³/mol. The quantitative estimate of drug-likeness (QED) is 0.662. The molecule has 10 nitrogen and oxygen atoms in total. The maximum atomic E-state index is 12.5. The van der Waals surface area contributed by atoms with Gasteiger partial charge in [-0.2, -0.15) is 4.52 Å². The number of hydrogen-bond donors (Lipinski definition) is 2. The molecule has 0 bridgehead atoms. The van der Waals surface area contributed by atoms with Gasteiger partial charge in [-0.3, -0.25) is 9.69 Å². The van der Waals surface area contributed by atoms with Gasteiger partial charge in [0.15, 0.2) is 5.65 Å². The average molecular weight is 371 g/mol. The molecule has 0 aromatic carbocycles. The Labute approximate surface area is 155 Å². The molecule has 1 aliphatic rings. The van der Waals surface area contributed by atoms with E-state index in [0.29, 0.717) is 30.7 Å². The number of likely N-dealkylation sites (tertiary alicyclic amines) is 1. The van der Waals surface area contributed by atoms with E-state index in [2.05, 4.69) is 30.9 Å². The fourth-order valence-corrected chi connectivity index (χ4v) is 3.39. The molecule has 27 heavy (non-hydrogen) atoms. The summed E-state index contributed by atoms with van der Waals surface area (Å²) in [6.07, 6.45) is 1.58. The van der Waals surface area contributed by atoms with Crippen LogP contribution in [0.15, 0.2) is 22.9 Å². The van der Waals surface area contributed by atoms with Crippen molar-refractivity contribution in [3.8, 4) is 0 Å². The van der Waals surface area contributed by atoms with E-state index >= 15 is 0 Å². The SMILES string of the molecule is Cc1noc(C)c1CN1CC[C@@H](NC(=O)c2ccc3nnnn3c2)[C@H](O)C1. The zero-order valence-electron chi connectivity index (χ0n) is 15.2. The number of fused-ring (bicyclic) bond motifs is 1. The first-order valence-electron chi connectivity index (χ1n) is 8.82. The molecular formula is C17H21N7O3. The van der Waals surface area contributed by atoms with E-state index in [4.69, 9.17) is 4.52 Å². The largest absolute Gasteiger partial charge is 0.390 e. The van der Waals surface area contributed by atoms with Crippen molar-refractivity contribution in [2.75, 3.05) is 13.1 Å². The van der Waals surface area contributed by atoms with Crippen LogP contribution in [0.4, 0.5) is 0 Å². The Morgan fingerprint density at radius 1 is 1.41 bits per heavy atom. The number of nitrogens with one attached hydrogen (secondary N) is 1. The highest BCUT2D eigenvalue weighted by Gasteiger charge is 2.30. The molecule has 2 N–H and O–H groups in total.